The van der Waals surface area contributed by atoms with Crippen molar-refractivity contribution in [3.8, 4) is 6.07 Å². The van der Waals surface area contributed by atoms with E-state index in [2.05, 4.69) is 10.3 Å². The van der Waals surface area contributed by atoms with E-state index < -0.39 is 11.6 Å². The third-order valence-corrected chi connectivity index (χ3v) is 2.77. The molecule has 1 N–H and O–H groups in total. The SMILES string of the molecule is CC1(C)NC(=O)N(Cc2cccnc2C#N)C1=O. The highest BCUT2D eigenvalue weighted by Gasteiger charge is 2.44. The Morgan fingerprint density at radius 1 is 1.50 bits per heavy atom. The Labute approximate surface area is 104 Å². The third-order valence-electron chi connectivity index (χ3n) is 2.77. The number of aromatic nitrogens is 1. The quantitative estimate of drug-likeness (QED) is 0.779. The van der Waals surface area contributed by atoms with E-state index in [4.69, 9.17) is 5.26 Å². The summed E-state index contributed by atoms with van der Waals surface area (Å²) in [5.41, 5.74) is -0.115. The van der Waals surface area contributed by atoms with E-state index in [0.717, 1.165) is 4.90 Å². The van der Waals surface area contributed by atoms with Gasteiger partial charge in [-0.05, 0) is 19.9 Å². The van der Waals surface area contributed by atoms with Gasteiger partial charge in [0.2, 0.25) is 0 Å². The molecule has 0 aromatic carbocycles. The number of pyridine rings is 1. The van der Waals surface area contributed by atoms with Gasteiger partial charge < -0.3 is 5.32 Å². The van der Waals surface area contributed by atoms with Gasteiger partial charge in [-0.25, -0.2) is 9.78 Å². The van der Waals surface area contributed by atoms with E-state index in [1.54, 1.807) is 26.0 Å². The second-order valence-electron chi connectivity index (χ2n) is 4.57. The van der Waals surface area contributed by atoms with Gasteiger partial charge >= 0.3 is 6.03 Å². The molecule has 1 aliphatic heterocycles. The second kappa shape index (κ2) is 4.11. The van der Waals surface area contributed by atoms with Gasteiger partial charge in [0.1, 0.15) is 17.3 Å². The zero-order chi connectivity index (χ0) is 13.3. The molecule has 6 nitrogen and oxygen atoms in total. The average molecular weight is 244 g/mol. The van der Waals surface area contributed by atoms with E-state index in [9.17, 15) is 9.59 Å². The Balaban J connectivity index is 2.28. The molecule has 0 radical (unpaired) electrons. The minimum absolute atomic E-state index is 0.0603. The highest BCUT2D eigenvalue weighted by molar-refractivity contribution is 6.06. The van der Waals surface area contributed by atoms with Crippen molar-refractivity contribution in [2.75, 3.05) is 0 Å². The smallest absolute Gasteiger partial charge is 0.324 e. The number of amides is 3. The van der Waals surface area contributed by atoms with Crippen molar-refractivity contribution in [3.05, 3.63) is 29.6 Å². The van der Waals surface area contributed by atoms with Crippen LogP contribution < -0.4 is 5.32 Å². The predicted molar refractivity (Wildman–Crippen MR) is 62.1 cm³/mol. The van der Waals surface area contributed by atoms with Crippen LogP contribution in [0.5, 0.6) is 0 Å². The molecule has 0 spiro atoms. The molecule has 1 aromatic heterocycles. The summed E-state index contributed by atoms with van der Waals surface area (Å²) in [6.45, 7) is 3.34. The fourth-order valence-corrected chi connectivity index (χ4v) is 1.80. The number of hydrogen-bond donors (Lipinski definition) is 1. The maximum absolute atomic E-state index is 12.0. The average Bonchev–Trinajstić information content (AvgIpc) is 2.52. The van der Waals surface area contributed by atoms with Crippen LogP contribution in [-0.4, -0.2) is 27.4 Å². The van der Waals surface area contributed by atoms with E-state index in [1.165, 1.54) is 6.20 Å². The molecular weight excluding hydrogens is 232 g/mol. The number of imide groups is 1. The van der Waals surface area contributed by atoms with Gasteiger partial charge in [-0.15, -0.1) is 0 Å². The van der Waals surface area contributed by atoms with Crippen LogP contribution in [0, 0.1) is 11.3 Å². The van der Waals surface area contributed by atoms with Crippen LogP contribution in [0.1, 0.15) is 25.1 Å². The molecule has 1 aliphatic rings. The summed E-state index contributed by atoms with van der Waals surface area (Å²) in [6, 6.07) is 4.84. The number of carbonyl (C=O) groups excluding carboxylic acids is 2. The number of nitriles is 1. The molecule has 2 rings (SSSR count). The normalized spacial score (nSPS) is 17.5. The summed E-state index contributed by atoms with van der Waals surface area (Å²) in [4.78, 5) is 28.7. The first kappa shape index (κ1) is 12.0. The van der Waals surface area contributed by atoms with Crippen LogP contribution in [-0.2, 0) is 11.3 Å². The summed E-state index contributed by atoms with van der Waals surface area (Å²) in [5.74, 6) is -0.305. The van der Waals surface area contributed by atoms with Crippen LogP contribution in [0.3, 0.4) is 0 Å². The van der Waals surface area contributed by atoms with Crippen molar-refractivity contribution >= 4 is 11.9 Å². The van der Waals surface area contributed by atoms with Crippen LogP contribution in [0.4, 0.5) is 4.79 Å². The second-order valence-corrected chi connectivity index (χ2v) is 4.57. The van der Waals surface area contributed by atoms with Crippen LogP contribution in [0.2, 0.25) is 0 Å². The van der Waals surface area contributed by atoms with Crippen molar-refractivity contribution < 1.29 is 9.59 Å². The van der Waals surface area contributed by atoms with Gasteiger partial charge in [0.15, 0.2) is 0 Å². The zero-order valence-corrected chi connectivity index (χ0v) is 10.1. The topological polar surface area (TPSA) is 86.1 Å². The van der Waals surface area contributed by atoms with Gasteiger partial charge in [0, 0.05) is 11.8 Å². The van der Waals surface area contributed by atoms with E-state index >= 15 is 0 Å². The first-order valence-corrected chi connectivity index (χ1v) is 5.44. The van der Waals surface area contributed by atoms with Gasteiger partial charge in [0.25, 0.3) is 5.91 Å². The first-order chi connectivity index (χ1) is 8.45. The Morgan fingerprint density at radius 3 is 2.78 bits per heavy atom. The van der Waals surface area contributed by atoms with Crippen molar-refractivity contribution in [2.45, 2.75) is 25.9 Å². The minimum atomic E-state index is -0.897. The molecule has 6 heteroatoms. The number of nitrogens with zero attached hydrogens (tertiary/aromatic N) is 3. The minimum Gasteiger partial charge on any atom is -0.324 e. The lowest BCUT2D eigenvalue weighted by Gasteiger charge is -2.16. The molecule has 1 aromatic rings. The van der Waals surface area contributed by atoms with Crippen molar-refractivity contribution in [1.29, 1.82) is 5.26 Å². The molecule has 0 saturated carbocycles. The lowest BCUT2D eigenvalue weighted by molar-refractivity contribution is -0.130. The Hall–Kier alpha value is -2.42. The number of nitrogens with one attached hydrogen (secondary N) is 1. The highest BCUT2D eigenvalue weighted by atomic mass is 16.2. The fraction of sp³-hybridized carbons (Fsp3) is 0.333. The number of carbonyl (C=O) groups is 2. The summed E-state index contributed by atoms with van der Waals surface area (Å²) in [5, 5.41) is 11.5. The molecule has 0 aliphatic carbocycles. The maximum Gasteiger partial charge on any atom is 0.325 e. The van der Waals surface area contributed by atoms with Gasteiger partial charge in [0.05, 0.1) is 6.54 Å². The fourth-order valence-electron chi connectivity index (χ4n) is 1.80. The summed E-state index contributed by atoms with van der Waals surface area (Å²) in [7, 11) is 0. The Kier molecular flexibility index (Phi) is 2.75. The van der Waals surface area contributed by atoms with E-state index in [-0.39, 0.29) is 18.1 Å². The highest BCUT2D eigenvalue weighted by Crippen LogP contribution is 2.19. The number of rotatable bonds is 2. The molecule has 0 atom stereocenters. The molecule has 3 amide bonds. The first-order valence-electron chi connectivity index (χ1n) is 5.44. The van der Waals surface area contributed by atoms with Gasteiger partial charge in [-0.1, -0.05) is 6.07 Å². The summed E-state index contributed by atoms with van der Waals surface area (Å²) >= 11 is 0. The molecule has 1 fully saturated rings. The van der Waals surface area contributed by atoms with Crippen LogP contribution >= 0.6 is 0 Å². The predicted octanol–water partition coefficient (Wildman–Crippen LogP) is 0.784. The van der Waals surface area contributed by atoms with Gasteiger partial charge in [-0.2, -0.15) is 5.26 Å². The van der Waals surface area contributed by atoms with E-state index in [0.29, 0.717) is 5.56 Å². The van der Waals surface area contributed by atoms with E-state index in [1.807, 2.05) is 6.07 Å². The monoisotopic (exact) mass is 244 g/mol. The molecule has 92 valence electrons. The molecule has 0 bridgehead atoms. The lowest BCUT2D eigenvalue weighted by Crippen LogP contribution is -2.40. The van der Waals surface area contributed by atoms with Gasteiger partial charge in [-0.3, -0.25) is 9.69 Å². The lowest BCUT2D eigenvalue weighted by atomic mass is 10.1. The summed E-state index contributed by atoms with van der Waals surface area (Å²) in [6.07, 6.45) is 1.50. The van der Waals surface area contributed by atoms with Crippen LogP contribution in [0.15, 0.2) is 18.3 Å². The molecule has 0 unspecified atom stereocenters. The number of urea groups is 1. The third kappa shape index (κ3) is 1.91. The maximum atomic E-state index is 12.0. The van der Waals surface area contributed by atoms with Crippen molar-refractivity contribution in [1.82, 2.24) is 15.2 Å². The largest absolute Gasteiger partial charge is 0.325 e. The standard InChI is InChI=1S/C12H12N4O2/c1-12(2)10(17)16(11(18)15-12)7-8-4-3-5-14-9(8)6-13/h3-5H,7H2,1-2H3,(H,15,18). The number of hydrogen-bond acceptors (Lipinski definition) is 4. The summed E-state index contributed by atoms with van der Waals surface area (Å²) < 4.78 is 0. The molecule has 18 heavy (non-hydrogen) atoms. The van der Waals surface area contributed by atoms with Crippen molar-refractivity contribution in [2.24, 2.45) is 0 Å². The zero-order valence-electron chi connectivity index (χ0n) is 10.1. The Morgan fingerprint density at radius 2 is 2.22 bits per heavy atom. The molecule has 2 heterocycles. The van der Waals surface area contributed by atoms with Crippen molar-refractivity contribution in [3.63, 3.8) is 0 Å². The Bertz CT molecular complexity index is 559. The molecule has 1 saturated heterocycles. The molecular formula is C12H12N4O2. The van der Waals surface area contributed by atoms with Crippen LogP contribution in [0.25, 0.3) is 0 Å².